The number of carbonyl (C=O) groups is 1. The fourth-order valence-corrected chi connectivity index (χ4v) is 3.83. The van der Waals surface area contributed by atoms with Gasteiger partial charge >= 0.3 is 0 Å². The Balaban J connectivity index is 1.66. The monoisotopic (exact) mass is 357 g/mol. The minimum absolute atomic E-state index is 0.295. The Morgan fingerprint density at radius 2 is 1.93 bits per heavy atom. The van der Waals surface area contributed by atoms with E-state index in [1.807, 2.05) is 30.6 Å². The van der Waals surface area contributed by atoms with Crippen molar-refractivity contribution in [1.29, 1.82) is 0 Å². The number of ketones is 1. The van der Waals surface area contributed by atoms with Gasteiger partial charge in [0.1, 0.15) is 5.78 Å². The molecule has 0 radical (unpaired) electrons. The number of rotatable bonds is 6. The molecule has 1 heterocycles. The van der Waals surface area contributed by atoms with E-state index in [1.54, 1.807) is 0 Å². The van der Waals surface area contributed by atoms with E-state index in [0.717, 1.165) is 23.4 Å². The number of hydrogen-bond donors (Lipinski definition) is 1. The second kappa shape index (κ2) is 7.23. The van der Waals surface area contributed by atoms with Crippen molar-refractivity contribution >= 4 is 5.78 Å². The lowest BCUT2D eigenvalue weighted by atomic mass is 10.0. The molecule has 4 nitrogen and oxygen atoms in total. The quantitative estimate of drug-likeness (QED) is 0.737. The van der Waals surface area contributed by atoms with Crippen molar-refractivity contribution in [2.24, 2.45) is 5.73 Å². The van der Waals surface area contributed by atoms with Crippen LogP contribution in [0.3, 0.4) is 0 Å². The molecular formula is C23H23N3O. The number of carbonyl (C=O) groups excluding carboxylic acids is 1. The first kappa shape index (κ1) is 17.3. The van der Waals surface area contributed by atoms with Gasteiger partial charge < -0.3 is 10.3 Å². The molecule has 0 unspecified atom stereocenters. The van der Waals surface area contributed by atoms with E-state index in [0.29, 0.717) is 37.3 Å². The molecule has 0 amide bonds. The minimum atomic E-state index is 0.295. The van der Waals surface area contributed by atoms with Gasteiger partial charge in [-0.3, -0.25) is 4.79 Å². The van der Waals surface area contributed by atoms with Crippen molar-refractivity contribution in [3.05, 3.63) is 101 Å². The molecule has 4 heteroatoms. The summed E-state index contributed by atoms with van der Waals surface area (Å²) in [5, 5.41) is 0. The predicted octanol–water partition coefficient (Wildman–Crippen LogP) is 3.20. The number of nitrogens with two attached hydrogens (primary N) is 1. The third kappa shape index (κ3) is 3.70. The molecule has 0 spiro atoms. The number of imidazole rings is 1. The molecule has 0 aliphatic heterocycles. The summed E-state index contributed by atoms with van der Waals surface area (Å²) in [5.74, 6) is 0.295. The normalized spacial score (nSPS) is 13.0. The Labute approximate surface area is 159 Å². The fraction of sp³-hybridized carbons (Fsp3) is 0.217. The third-order valence-corrected chi connectivity index (χ3v) is 5.11. The second-order valence-electron chi connectivity index (χ2n) is 7.21. The molecule has 0 atom stereocenters. The molecule has 4 rings (SSSR count). The molecule has 1 aromatic heterocycles. The van der Waals surface area contributed by atoms with Crippen LogP contribution in [0.1, 0.15) is 33.6 Å². The van der Waals surface area contributed by atoms with Crippen molar-refractivity contribution in [1.82, 2.24) is 9.55 Å². The van der Waals surface area contributed by atoms with Gasteiger partial charge in [-0.15, -0.1) is 0 Å². The first-order chi connectivity index (χ1) is 13.1. The van der Waals surface area contributed by atoms with Crippen LogP contribution < -0.4 is 5.73 Å². The summed E-state index contributed by atoms with van der Waals surface area (Å²) in [5.41, 5.74) is 13.4. The number of benzene rings is 2. The van der Waals surface area contributed by atoms with Crippen LogP contribution in [0, 0.1) is 0 Å². The number of nitrogens with zero attached hydrogens (tertiary/aromatic N) is 2. The summed E-state index contributed by atoms with van der Waals surface area (Å²) in [6.45, 7) is 4.58. The van der Waals surface area contributed by atoms with E-state index >= 15 is 0 Å². The van der Waals surface area contributed by atoms with Crippen molar-refractivity contribution in [2.75, 3.05) is 0 Å². The maximum Gasteiger partial charge on any atom is 0.141 e. The van der Waals surface area contributed by atoms with Gasteiger partial charge in [-0.2, -0.15) is 0 Å². The summed E-state index contributed by atoms with van der Waals surface area (Å²) in [4.78, 5) is 16.5. The smallest absolute Gasteiger partial charge is 0.141 e. The Morgan fingerprint density at radius 1 is 1.11 bits per heavy atom. The van der Waals surface area contributed by atoms with E-state index in [4.69, 9.17) is 5.73 Å². The number of aromatic nitrogens is 2. The third-order valence-electron chi connectivity index (χ3n) is 5.11. The first-order valence-electron chi connectivity index (χ1n) is 9.21. The van der Waals surface area contributed by atoms with Crippen molar-refractivity contribution in [2.45, 2.75) is 32.2 Å². The fourth-order valence-electron chi connectivity index (χ4n) is 3.83. The minimum Gasteiger partial charge on any atom is -0.402 e. The van der Waals surface area contributed by atoms with Crippen LogP contribution in [0.2, 0.25) is 0 Å². The molecule has 0 fully saturated rings. The van der Waals surface area contributed by atoms with Gasteiger partial charge in [-0.05, 0) is 22.3 Å². The maximum atomic E-state index is 11.9. The topological polar surface area (TPSA) is 60.9 Å². The summed E-state index contributed by atoms with van der Waals surface area (Å²) >= 11 is 0. The highest BCUT2D eigenvalue weighted by atomic mass is 16.1. The Morgan fingerprint density at radius 3 is 2.70 bits per heavy atom. The maximum absolute atomic E-state index is 11.9. The predicted molar refractivity (Wildman–Crippen MR) is 106 cm³/mol. The standard InChI is InChI=1S/C23H23N3O/c1-16(24)10-23-22(11-17-6-3-2-4-7-17)25-15-26(23)14-19-9-5-8-18-12-20(27)13-21(18)19/h2-9,15H,1,10-14,24H2. The van der Waals surface area contributed by atoms with Crippen LogP contribution in [0.25, 0.3) is 0 Å². The molecule has 136 valence electrons. The van der Waals surface area contributed by atoms with E-state index < -0.39 is 0 Å². The zero-order chi connectivity index (χ0) is 18.8. The van der Waals surface area contributed by atoms with Crippen molar-refractivity contribution in [3.63, 3.8) is 0 Å². The SMILES string of the molecule is C=C(N)Cc1c(Cc2ccccc2)ncn1Cc1cccc2c1CC(=O)C2. The van der Waals surface area contributed by atoms with Gasteiger partial charge in [-0.25, -0.2) is 4.98 Å². The lowest BCUT2D eigenvalue weighted by molar-refractivity contribution is -0.117. The number of allylic oxidation sites excluding steroid dienone is 1. The van der Waals surface area contributed by atoms with E-state index in [1.165, 1.54) is 16.7 Å². The van der Waals surface area contributed by atoms with Crippen LogP contribution in [0.4, 0.5) is 0 Å². The largest absolute Gasteiger partial charge is 0.402 e. The number of Topliss-reactive ketones (excluding diaryl/α,β-unsaturated/α-hetero) is 1. The Hall–Kier alpha value is -3.14. The van der Waals surface area contributed by atoms with Gasteiger partial charge in [0.2, 0.25) is 0 Å². The highest BCUT2D eigenvalue weighted by molar-refractivity contribution is 5.88. The van der Waals surface area contributed by atoms with Crippen LogP contribution in [0.5, 0.6) is 0 Å². The second-order valence-corrected chi connectivity index (χ2v) is 7.21. The summed E-state index contributed by atoms with van der Waals surface area (Å²) < 4.78 is 2.15. The Bertz CT molecular complexity index is 1000. The first-order valence-corrected chi connectivity index (χ1v) is 9.21. The summed E-state index contributed by atoms with van der Waals surface area (Å²) in [6.07, 6.45) is 4.33. The molecule has 0 bridgehead atoms. The molecule has 1 aliphatic rings. The molecular weight excluding hydrogens is 334 g/mol. The highest BCUT2D eigenvalue weighted by Crippen LogP contribution is 2.25. The van der Waals surface area contributed by atoms with E-state index in [9.17, 15) is 4.79 Å². The molecule has 2 aromatic carbocycles. The van der Waals surface area contributed by atoms with Crippen molar-refractivity contribution < 1.29 is 4.79 Å². The summed E-state index contributed by atoms with van der Waals surface area (Å²) in [7, 11) is 0. The molecule has 1 aliphatic carbocycles. The number of hydrogen-bond acceptors (Lipinski definition) is 3. The van der Waals surface area contributed by atoms with Gasteiger partial charge in [0.15, 0.2) is 0 Å². The van der Waals surface area contributed by atoms with Crippen LogP contribution in [-0.4, -0.2) is 15.3 Å². The lowest BCUT2D eigenvalue weighted by Gasteiger charge is -2.13. The van der Waals surface area contributed by atoms with Gasteiger partial charge in [0, 0.05) is 43.6 Å². The molecule has 2 N–H and O–H groups in total. The van der Waals surface area contributed by atoms with E-state index in [2.05, 4.69) is 40.4 Å². The Kier molecular flexibility index (Phi) is 4.63. The molecule has 0 saturated heterocycles. The van der Waals surface area contributed by atoms with Crippen LogP contribution in [-0.2, 0) is 37.0 Å². The zero-order valence-corrected chi connectivity index (χ0v) is 15.3. The number of fused-ring (bicyclic) bond motifs is 1. The highest BCUT2D eigenvalue weighted by Gasteiger charge is 2.22. The van der Waals surface area contributed by atoms with Crippen LogP contribution in [0.15, 0.2) is 67.1 Å². The van der Waals surface area contributed by atoms with Gasteiger partial charge in [-0.1, -0.05) is 55.1 Å². The molecule has 3 aromatic rings. The average molecular weight is 357 g/mol. The van der Waals surface area contributed by atoms with Gasteiger partial charge in [0.05, 0.1) is 12.0 Å². The van der Waals surface area contributed by atoms with Crippen LogP contribution >= 0.6 is 0 Å². The summed E-state index contributed by atoms with van der Waals surface area (Å²) in [6, 6.07) is 16.5. The van der Waals surface area contributed by atoms with E-state index in [-0.39, 0.29) is 0 Å². The zero-order valence-electron chi connectivity index (χ0n) is 15.3. The van der Waals surface area contributed by atoms with Gasteiger partial charge in [0.25, 0.3) is 0 Å². The van der Waals surface area contributed by atoms with Crippen molar-refractivity contribution in [3.8, 4) is 0 Å². The molecule has 0 saturated carbocycles. The molecule has 27 heavy (non-hydrogen) atoms. The lowest BCUT2D eigenvalue weighted by Crippen LogP contribution is -2.11. The average Bonchev–Trinajstić information content (AvgIpc) is 3.20.